The molecule has 2 fully saturated rings. The monoisotopic (exact) mass is 238 g/mol. The molecule has 1 saturated carbocycles. The summed E-state index contributed by atoms with van der Waals surface area (Å²) in [5.74, 6) is 0.981. The number of carbonyl (C=O) groups is 1. The van der Waals surface area contributed by atoms with Crippen LogP contribution < -0.4 is 5.73 Å². The molecule has 0 aromatic heterocycles. The lowest BCUT2D eigenvalue weighted by Crippen LogP contribution is -2.52. The second kappa shape index (κ2) is 4.60. The van der Waals surface area contributed by atoms with Crippen molar-refractivity contribution in [2.24, 2.45) is 23.0 Å². The quantitative estimate of drug-likeness (QED) is 0.759. The van der Waals surface area contributed by atoms with E-state index >= 15 is 0 Å². The fourth-order valence-electron chi connectivity index (χ4n) is 3.45. The summed E-state index contributed by atoms with van der Waals surface area (Å²) in [6.45, 7) is 8.57. The lowest BCUT2D eigenvalue weighted by atomic mass is 9.61. The van der Waals surface area contributed by atoms with Crippen LogP contribution in [-0.4, -0.2) is 29.9 Å². The second-order valence-electron chi connectivity index (χ2n) is 6.44. The van der Waals surface area contributed by atoms with Crippen molar-refractivity contribution < 1.29 is 4.79 Å². The molecule has 3 heteroatoms. The molecule has 2 aliphatic rings. The van der Waals surface area contributed by atoms with E-state index in [4.69, 9.17) is 5.73 Å². The number of hydrogen-bond acceptors (Lipinski definition) is 2. The highest BCUT2D eigenvalue weighted by atomic mass is 16.2. The SMILES string of the molecule is CC1C(N)CCC(C(=O)N2CCCC2)C1(C)C. The van der Waals surface area contributed by atoms with Crippen molar-refractivity contribution >= 4 is 5.91 Å². The predicted octanol–water partition coefficient (Wildman–Crippen LogP) is 2.01. The van der Waals surface area contributed by atoms with E-state index < -0.39 is 0 Å². The van der Waals surface area contributed by atoms with Gasteiger partial charge in [-0.2, -0.15) is 0 Å². The van der Waals surface area contributed by atoms with Crippen LogP contribution >= 0.6 is 0 Å². The van der Waals surface area contributed by atoms with E-state index in [9.17, 15) is 4.79 Å². The van der Waals surface area contributed by atoms with Crippen molar-refractivity contribution in [1.82, 2.24) is 4.90 Å². The van der Waals surface area contributed by atoms with Crippen LogP contribution in [-0.2, 0) is 4.79 Å². The van der Waals surface area contributed by atoms with Crippen LogP contribution in [0.2, 0.25) is 0 Å². The van der Waals surface area contributed by atoms with E-state index in [1.807, 2.05) is 0 Å². The maximum Gasteiger partial charge on any atom is 0.226 e. The van der Waals surface area contributed by atoms with Gasteiger partial charge in [0.25, 0.3) is 0 Å². The first-order valence-electron chi connectivity index (χ1n) is 6.99. The number of amides is 1. The molecule has 1 heterocycles. The molecule has 3 nitrogen and oxygen atoms in total. The molecule has 0 aromatic carbocycles. The van der Waals surface area contributed by atoms with E-state index in [0.29, 0.717) is 11.8 Å². The first kappa shape index (κ1) is 12.9. The third-order valence-corrected chi connectivity index (χ3v) is 5.22. The molecule has 2 N–H and O–H groups in total. The smallest absolute Gasteiger partial charge is 0.226 e. The molecular formula is C14H26N2O. The molecule has 0 radical (unpaired) electrons. The summed E-state index contributed by atoms with van der Waals surface area (Å²) in [4.78, 5) is 14.6. The van der Waals surface area contributed by atoms with Crippen LogP contribution in [0.1, 0.15) is 46.5 Å². The average Bonchev–Trinajstić information content (AvgIpc) is 2.79. The molecule has 1 saturated heterocycles. The topological polar surface area (TPSA) is 46.3 Å². The van der Waals surface area contributed by atoms with Crippen LogP contribution in [0.5, 0.6) is 0 Å². The minimum Gasteiger partial charge on any atom is -0.342 e. The van der Waals surface area contributed by atoms with Crippen LogP contribution in [0.25, 0.3) is 0 Å². The highest BCUT2D eigenvalue weighted by molar-refractivity contribution is 5.80. The van der Waals surface area contributed by atoms with Crippen LogP contribution in [0.4, 0.5) is 0 Å². The lowest BCUT2D eigenvalue weighted by Gasteiger charge is -2.47. The summed E-state index contributed by atoms with van der Waals surface area (Å²) in [7, 11) is 0. The molecule has 0 bridgehead atoms. The Hall–Kier alpha value is -0.570. The Morgan fingerprint density at radius 1 is 1.24 bits per heavy atom. The summed E-state index contributed by atoms with van der Waals surface area (Å²) in [6.07, 6.45) is 4.31. The second-order valence-corrected chi connectivity index (χ2v) is 6.44. The van der Waals surface area contributed by atoms with Gasteiger partial charge in [0.15, 0.2) is 0 Å². The van der Waals surface area contributed by atoms with E-state index in [1.54, 1.807) is 0 Å². The molecule has 17 heavy (non-hydrogen) atoms. The van der Waals surface area contributed by atoms with Gasteiger partial charge in [-0.1, -0.05) is 20.8 Å². The van der Waals surface area contributed by atoms with Gasteiger partial charge >= 0.3 is 0 Å². The zero-order chi connectivity index (χ0) is 12.6. The van der Waals surface area contributed by atoms with Crippen LogP contribution in [0, 0.1) is 17.3 Å². The third-order valence-electron chi connectivity index (χ3n) is 5.22. The molecule has 1 aliphatic carbocycles. The number of carbonyl (C=O) groups excluding carboxylic acids is 1. The van der Waals surface area contributed by atoms with Gasteiger partial charge in [-0.05, 0) is 37.0 Å². The lowest BCUT2D eigenvalue weighted by molar-refractivity contribution is -0.142. The Labute approximate surface area is 105 Å². The normalized spacial score (nSPS) is 37.2. The largest absolute Gasteiger partial charge is 0.342 e. The van der Waals surface area contributed by atoms with E-state index in [-0.39, 0.29) is 17.4 Å². The van der Waals surface area contributed by atoms with Crippen molar-refractivity contribution in [1.29, 1.82) is 0 Å². The Morgan fingerprint density at radius 2 is 1.82 bits per heavy atom. The first-order valence-corrected chi connectivity index (χ1v) is 6.99. The number of rotatable bonds is 1. The summed E-state index contributed by atoms with van der Waals surface area (Å²) in [5.41, 5.74) is 6.18. The van der Waals surface area contributed by atoms with Gasteiger partial charge in [0.05, 0.1) is 0 Å². The molecule has 98 valence electrons. The summed E-state index contributed by atoms with van der Waals surface area (Å²) >= 11 is 0. The first-order chi connectivity index (χ1) is 7.94. The zero-order valence-corrected chi connectivity index (χ0v) is 11.4. The van der Waals surface area contributed by atoms with Crippen LogP contribution in [0.3, 0.4) is 0 Å². The minimum atomic E-state index is 0.0390. The molecule has 3 atom stereocenters. The fraction of sp³-hybridized carbons (Fsp3) is 0.929. The highest BCUT2D eigenvalue weighted by Gasteiger charge is 2.46. The Bertz CT molecular complexity index is 295. The zero-order valence-electron chi connectivity index (χ0n) is 11.4. The van der Waals surface area contributed by atoms with Gasteiger partial charge in [-0.15, -0.1) is 0 Å². The molecular weight excluding hydrogens is 212 g/mol. The van der Waals surface area contributed by atoms with E-state index in [0.717, 1.165) is 25.9 Å². The Morgan fingerprint density at radius 3 is 2.41 bits per heavy atom. The van der Waals surface area contributed by atoms with Crippen molar-refractivity contribution in [3.05, 3.63) is 0 Å². The Kier molecular flexibility index (Phi) is 3.48. The van der Waals surface area contributed by atoms with Gasteiger partial charge in [-0.25, -0.2) is 0 Å². The molecule has 0 spiro atoms. The van der Waals surface area contributed by atoms with Crippen molar-refractivity contribution in [2.45, 2.75) is 52.5 Å². The van der Waals surface area contributed by atoms with E-state index in [2.05, 4.69) is 25.7 Å². The number of likely N-dealkylation sites (tertiary alicyclic amines) is 1. The van der Waals surface area contributed by atoms with E-state index in [1.165, 1.54) is 12.8 Å². The van der Waals surface area contributed by atoms with Gasteiger partial charge < -0.3 is 10.6 Å². The molecule has 1 aliphatic heterocycles. The predicted molar refractivity (Wildman–Crippen MR) is 69.5 cm³/mol. The van der Waals surface area contributed by atoms with Gasteiger partial charge in [0.2, 0.25) is 5.91 Å². The Balaban J connectivity index is 2.11. The van der Waals surface area contributed by atoms with Crippen molar-refractivity contribution in [3.63, 3.8) is 0 Å². The fourth-order valence-corrected chi connectivity index (χ4v) is 3.45. The average molecular weight is 238 g/mol. The maximum absolute atomic E-state index is 12.6. The maximum atomic E-state index is 12.6. The summed E-state index contributed by atoms with van der Waals surface area (Å²) in [5, 5.41) is 0. The molecule has 0 aromatic rings. The standard InChI is InChI=1S/C14H26N2O/c1-10-12(15)7-6-11(14(10,2)3)13(17)16-8-4-5-9-16/h10-12H,4-9,15H2,1-3H3. The molecule has 1 amide bonds. The number of nitrogens with two attached hydrogens (primary N) is 1. The van der Waals surface area contributed by atoms with Crippen molar-refractivity contribution in [3.8, 4) is 0 Å². The molecule has 2 rings (SSSR count). The summed E-state index contributed by atoms with van der Waals surface area (Å²) < 4.78 is 0. The van der Waals surface area contributed by atoms with Gasteiger partial charge in [0, 0.05) is 25.0 Å². The number of nitrogens with zero attached hydrogens (tertiary/aromatic N) is 1. The number of hydrogen-bond donors (Lipinski definition) is 1. The highest BCUT2D eigenvalue weighted by Crippen LogP contribution is 2.45. The summed E-state index contributed by atoms with van der Waals surface area (Å²) in [6, 6.07) is 0.257. The van der Waals surface area contributed by atoms with Gasteiger partial charge in [-0.3, -0.25) is 4.79 Å². The third kappa shape index (κ3) is 2.22. The van der Waals surface area contributed by atoms with Crippen molar-refractivity contribution in [2.75, 3.05) is 13.1 Å². The molecule has 3 unspecified atom stereocenters. The van der Waals surface area contributed by atoms with Crippen LogP contribution in [0.15, 0.2) is 0 Å². The van der Waals surface area contributed by atoms with Gasteiger partial charge in [0.1, 0.15) is 0 Å². The minimum absolute atomic E-state index is 0.0390.